The molecule has 0 radical (unpaired) electrons. The minimum Gasteiger partial charge on any atom is -0.485 e. The molecule has 2 rings (SSSR count). The highest BCUT2D eigenvalue weighted by molar-refractivity contribution is 5.50. The van der Waals surface area contributed by atoms with E-state index < -0.39 is 0 Å². The molecule has 7 nitrogen and oxygen atoms in total. The zero-order valence-corrected chi connectivity index (χ0v) is 13.0. The second kappa shape index (κ2) is 10.3. The summed E-state index contributed by atoms with van der Waals surface area (Å²) in [7, 11) is 0. The van der Waals surface area contributed by atoms with E-state index in [0.717, 1.165) is 0 Å². The molecule has 0 aliphatic rings. The van der Waals surface area contributed by atoms with Gasteiger partial charge in [0, 0.05) is 5.04 Å². The molecule has 0 unspecified atom stereocenters. The highest BCUT2D eigenvalue weighted by Gasteiger charge is 2.08. The van der Waals surface area contributed by atoms with Gasteiger partial charge >= 0.3 is 0 Å². The van der Waals surface area contributed by atoms with Gasteiger partial charge in [-0.3, -0.25) is 9.78 Å². The highest BCUT2D eigenvalue weighted by atomic mass is 17.5. The predicted octanol–water partition coefficient (Wildman–Crippen LogP) is 2.46. The fourth-order valence-corrected chi connectivity index (χ4v) is 1.57. The second-order valence-corrected chi connectivity index (χ2v) is 4.49. The van der Waals surface area contributed by atoms with Gasteiger partial charge in [0.25, 0.3) is 11.5 Å². The molecule has 0 saturated carbocycles. The van der Waals surface area contributed by atoms with Gasteiger partial charge in [-0.2, -0.15) is 0 Å². The maximum atomic E-state index is 10.8. The number of carbonyl (C=O) groups excluding carboxylic acids is 2. The van der Waals surface area contributed by atoms with Gasteiger partial charge in [-0.1, -0.05) is 36.4 Å². The average molecular weight is 342 g/mol. The van der Waals surface area contributed by atoms with Crippen molar-refractivity contribution in [2.75, 3.05) is 13.2 Å². The first kappa shape index (κ1) is 17.8. The topological polar surface area (TPSA) is 80.3 Å². The summed E-state index contributed by atoms with van der Waals surface area (Å²) in [5.41, 5.74) is 0. The SMILES string of the molecule is O=C=C(COc1ccccc1)OOOC(=C=O)COc1ccccc1. The van der Waals surface area contributed by atoms with Crippen LogP contribution < -0.4 is 9.47 Å². The third-order valence-corrected chi connectivity index (χ3v) is 2.72. The molecule has 0 fully saturated rings. The quantitative estimate of drug-likeness (QED) is 0.284. The molecule has 2 aromatic rings. The molecular weight excluding hydrogens is 328 g/mol. The largest absolute Gasteiger partial charge is 0.485 e. The summed E-state index contributed by atoms with van der Waals surface area (Å²) in [5, 5.41) is 4.36. The lowest BCUT2D eigenvalue weighted by Crippen LogP contribution is -2.10. The van der Waals surface area contributed by atoms with E-state index in [1.807, 2.05) is 12.1 Å². The van der Waals surface area contributed by atoms with Crippen molar-refractivity contribution in [2.24, 2.45) is 0 Å². The van der Waals surface area contributed by atoms with Gasteiger partial charge in [0.15, 0.2) is 25.1 Å². The molecule has 0 aliphatic carbocycles. The molecule has 0 heterocycles. The number of para-hydroxylation sites is 2. The zero-order valence-electron chi connectivity index (χ0n) is 13.0. The van der Waals surface area contributed by atoms with Crippen LogP contribution in [0.3, 0.4) is 0 Å². The van der Waals surface area contributed by atoms with Crippen molar-refractivity contribution < 1.29 is 33.9 Å². The van der Waals surface area contributed by atoms with Crippen LogP contribution in [0.4, 0.5) is 0 Å². The molecule has 0 saturated heterocycles. The van der Waals surface area contributed by atoms with E-state index in [1.54, 1.807) is 48.5 Å². The standard InChI is InChI=1S/C18H14O7/c19-11-17(13-21-15-7-3-1-4-8-15)23-25-24-18(12-20)14-22-16-9-5-2-6-10-16/h1-10H,13-14H2. The summed E-state index contributed by atoms with van der Waals surface area (Å²) < 4.78 is 10.6. The van der Waals surface area contributed by atoms with Crippen LogP contribution in [0.25, 0.3) is 0 Å². The summed E-state index contributed by atoms with van der Waals surface area (Å²) in [6.07, 6.45) is 0. The second-order valence-electron chi connectivity index (χ2n) is 4.49. The van der Waals surface area contributed by atoms with E-state index >= 15 is 0 Å². The Labute approximate surface area is 143 Å². The van der Waals surface area contributed by atoms with E-state index in [4.69, 9.17) is 9.47 Å². The third-order valence-electron chi connectivity index (χ3n) is 2.72. The Balaban J connectivity index is 1.71. The third kappa shape index (κ3) is 6.64. The number of benzene rings is 2. The Kier molecular flexibility index (Phi) is 7.36. The lowest BCUT2D eigenvalue weighted by Gasteiger charge is -2.08. The highest BCUT2D eigenvalue weighted by Crippen LogP contribution is 2.11. The van der Waals surface area contributed by atoms with Gasteiger partial charge in [0.1, 0.15) is 11.5 Å². The van der Waals surface area contributed by atoms with E-state index in [1.165, 1.54) is 11.9 Å². The van der Waals surface area contributed by atoms with Gasteiger partial charge in [0.2, 0.25) is 0 Å². The first-order chi connectivity index (χ1) is 12.3. The van der Waals surface area contributed by atoms with Crippen molar-refractivity contribution in [3.8, 4) is 11.5 Å². The van der Waals surface area contributed by atoms with Crippen LogP contribution >= 0.6 is 0 Å². The molecule has 0 bridgehead atoms. The van der Waals surface area contributed by atoms with Gasteiger partial charge in [0.05, 0.1) is 0 Å². The molecule has 7 heteroatoms. The van der Waals surface area contributed by atoms with Gasteiger partial charge < -0.3 is 9.47 Å². The van der Waals surface area contributed by atoms with Crippen molar-refractivity contribution in [3.05, 3.63) is 72.2 Å². The van der Waals surface area contributed by atoms with Crippen LogP contribution in [-0.4, -0.2) is 25.1 Å². The van der Waals surface area contributed by atoms with Crippen molar-refractivity contribution >= 4 is 11.9 Å². The number of hydrogen-bond acceptors (Lipinski definition) is 7. The average Bonchev–Trinajstić information content (AvgIpc) is 2.68. The maximum Gasteiger partial charge on any atom is 0.266 e. The Morgan fingerprint density at radius 2 is 1.08 bits per heavy atom. The van der Waals surface area contributed by atoms with Crippen LogP contribution in [0.15, 0.2) is 72.2 Å². The molecule has 0 aromatic heterocycles. The Morgan fingerprint density at radius 3 is 1.44 bits per heavy atom. The lowest BCUT2D eigenvalue weighted by molar-refractivity contribution is -0.479. The summed E-state index contributed by atoms with van der Waals surface area (Å²) in [4.78, 5) is 30.7. The summed E-state index contributed by atoms with van der Waals surface area (Å²) in [6, 6.07) is 17.5. The van der Waals surface area contributed by atoms with Crippen molar-refractivity contribution in [2.45, 2.75) is 0 Å². The fourth-order valence-electron chi connectivity index (χ4n) is 1.57. The minimum absolute atomic E-state index is 0.225. The number of hydrogen-bond donors (Lipinski definition) is 0. The fraction of sp³-hybridized carbons (Fsp3) is 0.111. The monoisotopic (exact) mass is 342 g/mol. The lowest BCUT2D eigenvalue weighted by atomic mass is 10.3. The van der Waals surface area contributed by atoms with Crippen LogP contribution in [0.5, 0.6) is 11.5 Å². The molecule has 128 valence electrons. The molecule has 0 amide bonds. The van der Waals surface area contributed by atoms with Crippen LogP contribution in [-0.2, 0) is 24.4 Å². The first-order valence-corrected chi connectivity index (χ1v) is 7.16. The molecule has 25 heavy (non-hydrogen) atoms. The summed E-state index contributed by atoms with van der Waals surface area (Å²) >= 11 is 0. The van der Waals surface area contributed by atoms with Gasteiger partial charge in [-0.15, -0.1) is 0 Å². The van der Waals surface area contributed by atoms with Crippen LogP contribution in [0.1, 0.15) is 0 Å². The van der Waals surface area contributed by atoms with Crippen molar-refractivity contribution in [1.29, 1.82) is 0 Å². The van der Waals surface area contributed by atoms with Crippen LogP contribution in [0, 0.1) is 0 Å². The minimum atomic E-state index is -0.307. The van der Waals surface area contributed by atoms with E-state index in [9.17, 15) is 9.59 Å². The Hall–Kier alpha value is -3.50. The van der Waals surface area contributed by atoms with E-state index in [2.05, 4.69) is 14.8 Å². The molecule has 0 N–H and O–H groups in total. The van der Waals surface area contributed by atoms with Crippen molar-refractivity contribution in [1.82, 2.24) is 0 Å². The zero-order chi connectivity index (χ0) is 17.7. The maximum absolute atomic E-state index is 10.8. The number of rotatable bonds is 10. The molecule has 0 atom stereocenters. The van der Waals surface area contributed by atoms with Gasteiger partial charge in [-0.05, 0) is 24.3 Å². The summed E-state index contributed by atoms with van der Waals surface area (Å²) in [5.74, 6) is 3.44. The molecule has 0 aliphatic heterocycles. The normalized spacial score (nSPS) is 9.28. The van der Waals surface area contributed by atoms with Crippen molar-refractivity contribution in [3.63, 3.8) is 0 Å². The molecule has 2 aromatic carbocycles. The van der Waals surface area contributed by atoms with Crippen LogP contribution in [0.2, 0.25) is 0 Å². The van der Waals surface area contributed by atoms with E-state index in [0.29, 0.717) is 11.5 Å². The molecule has 0 spiro atoms. The predicted molar refractivity (Wildman–Crippen MR) is 85.5 cm³/mol. The first-order valence-electron chi connectivity index (χ1n) is 7.16. The summed E-state index contributed by atoms with van der Waals surface area (Å²) in [6.45, 7) is -0.449. The van der Waals surface area contributed by atoms with Gasteiger partial charge in [-0.25, -0.2) is 9.59 Å². The Bertz CT molecular complexity index is 680. The van der Waals surface area contributed by atoms with E-state index in [-0.39, 0.29) is 24.7 Å². The molecular formula is C18H14O7. The number of ether oxygens (including phenoxy) is 2. The smallest absolute Gasteiger partial charge is 0.266 e. The Morgan fingerprint density at radius 1 is 0.680 bits per heavy atom.